The van der Waals surface area contributed by atoms with E-state index >= 15 is 0 Å². The maximum Gasteiger partial charge on any atom is 0.329 e. The summed E-state index contributed by atoms with van der Waals surface area (Å²) < 4.78 is 4.59. The van der Waals surface area contributed by atoms with Crippen LogP contribution in [-0.4, -0.2) is 18.6 Å². The average Bonchev–Trinajstić information content (AvgIpc) is 2.55. The van der Waals surface area contributed by atoms with Gasteiger partial charge in [0.1, 0.15) is 5.54 Å². The summed E-state index contributed by atoms with van der Waals surface area (Å²) in [5, 5.41) is 0. The van der Waals surface area contributed by atoms with Crippen molar-refractivity contribution >= 4 is 5.97 Å². The van der Waals surface area contributed by atoms with E-state index in [4.69, 9.17) is 5.73 Å². The molecular formula is C9H13NO2. The molecule has 0 aromatic rings. The largest absolute Gasteiger partial charge is 0.467 e. The molecule has 0 amide bonds. The molecule has 1 aliphatic carbocycles. The van der Waals surface area contributed by atoms with E-state index in [1.54, 1.807) is 6.92 Å². The maximum absolute atomic E-state index is 11.2. The second-order valence-corrected chi connectivity index (χ2v) is 3.02. The number of carbonyl (C=O) groups is 1. The minimum absolute atomic E-state index is 0.391. The predicted octanol–water partition coefficient (Wildman–Crippen LogP) is 0.763. The molecule has 0 aromatic carbocycles. The summed E-state index contributed by atoms with van der Waals surface area (Å²) in [5.41, 5.74) is 5.72. The lowest BCUT2D eigenvalue weighted by Gasteiger charge is -2.22. The van der Waals surface area contributed by atoms with E-state index in [9.17, 15) is 4.79 Å². The fraction of sp³-hybridized carbons (Fsp3) is 0.444. The Morgan fingerprint density at radius 1 is 1.75 bits per heavy atom. The van der Waals surface area contributed by atoms with Crippen molar-refractivity contribution in [3.8, 4) is 0 Å². The van der Waals surface area contributed by atoms with Crippen molar-refractivity contribution in [2.45, 2.75) is 18.9 Å². The second kappa shape index (κ2) is 3.11. The summed E-state index contributed by atoms with van der Waals surface area (Å²) in [5.74, 6) is -0.391. The molecule has 0 aromatic heterocycles. The highest BCUT2D eigenvalue weighted by atomic mass is 16.5. The number of carbonyl (C=O) groups excluding carboxylic acids is 1. The Kier molecular flexibility index (Phi) is 2.33. The van der Waals surface area contributed by atoms with Crippen LogP contribution in [0.4, 0.5) is 0 Å². The van der Waals surface area contributed by atoms with Gasteiger partial charge in [0, 0.05) is 0 Å². The van der Waals surface area contributed by atoms with Gasteiger partial charge in [-0.15, -0.1) is 0 Å². The number of esters is 1. The van der Waals surface area contributed by atoms with Gasteiger partial charge >= 0.3 is 5.97 Å². The monoisotopic (exact) mass is 167 g/mol. The van der Waals surface area contributed by atoms with E-state index < -0.39 is 11.5 Å². The van der Waals surface area contributed by atoms with E-state index in [0.717, 1.165) is 12.0 Å². The van der Waals surface area contributed by atoms with Crippen LogP contribution in [-0.2, 0) is 9.53 Å². The van der Waals surface area contributed by atoms with Gasteiger partial charge in [0.2, 0.25) is 0 Å². The fourth-order valence-corrected chi connectivity index (χ4v) is 1.18. The van der Waals surface area contributed by atoms with E-state index in [0.29, 0.717) is 0 Å². The summed E-state index contributed by atoms with van der Waals surface area (Å²) in [7, 11) is 1.34. The first-order valence-corrected chi connectivity index (χ1v) is 3.82. The Morgan fingerprint density at radius 3 is 2.83 bits per heavy atom. The lowest BCUT2D eigenvalue weighted by Crippen LogP contribution is -2.47. The van der Waals surface area contributed by atoms with Crippen LogP contribution in [0, 0.1) is 0 Å². The Bertz CT molecular complexity index is 251. The van der Waals surface area contributed by atoms with Gasteiger partial charge in [-0.2, -0.15) is 0 Å². The third kappa shape index (κ3) is 1.41. The molecule has 1 aliphatic rings. The number of hydrogen-bond donors (Lipinski definition) is 1. The van der Waals surface area contributed by atoms with Crippen molar-refractivity contribution in [2.24, 2.45) is 5.73 Å². The van der Waals surface area contributed by atoms with Crippen LogP contribution >= 0.6 is 0 Å². The first-order valence-electron chi connectivity index (χ1n) is 3.82. The predicted molar refractivity (Wildman–Crippen MR) is 46.4 cm³/mol. The molecule has 0 spiro atoms. The average molecular weight is 167 g/mol. The van der Waals surface area contributed by atoms with Crippen LogP contribution in [0.5, 0.6) is 0 Å². The molecule has 12 heavy (non-hydrogen) atoms. The van der Waals surface area contributed by atoms with Crippen molar-refractivity contribution in [2.75, 3.05) is 7.11 Å². The molecule has 3 heteroatoms. The molecule has 0 radical (unpaired) electrons. The van der Waals surface area contributed by atoms with Crippen LogP contribution in [0.1, 0.15) is 13.3 Å². The van der Waals surface area contributed by atoms with Gasteiger partial charge in [0.25, 0.3) is 0 Å². The fourth-order valence-electron chi connectivity index (χ4n) is 1.18. The van der Waals surface area contributed by atoms with Crippen LogP contribution < -0.4 is 5.73 Å². The number of rotatable bonds is 2. The van der Waals surface area contributed by atoms with Gasteiger partial charge in [0.15, 0.2) is 0 Å². The number of nitrogens with two attached hydrogens (primary N) is 1. The Morgan fingerprint density at radius 2 is 2.42 bits per heavy atom. The van der Waals surface area contributed by atoms with Gasteiger partial charge < -0.3 is 10.5 Å². The first-order chi connectivity index (χ1) is 5.59. The zero-order chi connectivity index (χ0) is 9.19. The highest BCUT2D eigenvalue weighted by Gasteiger charge is 2.33. The van der Waals surface area contributed by atoms with E-state index in [1.807, 2.05) is 18.2 Å². The molecule has 0 heterocycles. The SMILES string of the molecule is COC(=O)[C@](C)(N)C1=CC=CC1. The number of hydrogen-bond acceptors (Lipinski definition) is 3. The minimum atomic E-state index is -0.974. The van der Waals surface area contributed by atoms with Crippen molar-refractivity contribution in [1.82, 2.24) is 0 Å². The van der Waals surface area contributed by atoms with E-state index in [2.05, 4.69) is 4.74 Å². The molecule has 0 unspecified atom stereocenters. The number of ether oxygens (including phenoxy) is 1. The second-order valence-electron chi connectivity index (χ2n) is 3.02. The topological polar surface area (TPSA) is 52.3 Å². The molecule has 3 nitrogen and oxygen atoms in total. The molecule has 1 atom stereocenters. The summed E-state index contributed by atoms with van der Waals surface area (Å²) in [6, 6.07) is 0. The van der Waals surface area contributed by atoms with Crippen molar-refractivity contribution in [3.63, 3.8) is 0 Å². The minimum Gasteiger partial charge on any atom is -0.467 e. The Balaban J connectivity index is 2.78. The quantitative estimate of drug-likeness (QED) is 0.618. The number of methoxy groups -OCH3 is 1. The molecule has 0 saturated carbocycles. The lowest BCUT2D eigenvalue weighted by molar-refractivity contribution is -0.144. The van der Waals surface area contributed by atoms with Crippen molar-refractivity contribution in [3.05, 3.63) is 23.8 Å². The van der Waals surface area contributed by atoms with E-state index in [-0.39, 0.29) is 0 Å². The summed E-state index contributed by atoms with van der Waals surface area (Å²) >= 11 is 0. The van der Waals surface area contributed by atoms with Gasteiger partial charge in [-0.05, 0) is 18.9 Å². The highest BCUT2D eigenvalue weighted by molar-refractivity contribution is 5.84. The maximum atomic E-state index is 11.2. The molecule has 66 valence electrons. The van der Waals surface area contributed by atoms with Crippen LogP contribution in [0.25, 0.3) is 0 Å². The Labute approximate surface area is 71.9 Å². The molecule has 0 fully saturated rings. The molecule has 2 N–H and O–H groups in total. The smallest absolute Gasteiger partial charge is 0.329 e. The third-order valence-electron chi connectivity index (χ3n) is 2.05. The molecule has 0 bridgehead atoms. The van der Waals surface area contributed by atoms with Crippen LogP contribution in [0.2, 0.25) is 0 Å². The summed E-state index contributed by atoms with van der Waals surface area (Å²) in [6.07, 6.45) is 6.45. The standard InChI is InChI=1S/C9H13NO2/c1-9(10,8(11)12-2)7-5-3-4-6-7/h3-5H,6,10H2,1-2H3/t9-/m1/s1. The van der Waals surface area contributed by atoms with Crippen LogP contribution in [0.3, 0.4) is 0 Å². The number of allylic oxidation sites excluding steroid dienone is 3. The molecule has 0 aliphatic heterocycles. The zero-order valence-electron chi connectivity index (χ0n) is 7.33. The van der Waals surface area contributed by atoms with E-state index in [1.165, 1.54) is 7.11 Å². The zero-order valence-corrected chi connectivity index (χ0v) is 7.33. The van der Waals surface area contributed by atoms with Crippen LogP contribution in [0.15, 0.2) is 23.8 Å². The summed E-state index contributed by atoms with van der Waals surface area (Å²) in [6.45, 7) is 1.66. The lowest BCUT2D eigenvalue weighted by atomic mass is 9.92. The molecule has 0 saturated heterocycles. The highest BCUT2D eigenvalue weighted by Crippen LogP contribution is 2.22. The van der Waals surface area contributed by atoms with Crippen molar-refractivity contribution < 1.29 is 9.53 Å². The first kappa shape index (κ1) is 9.00. The van der Waals surface area contributed by atoms with Gasteiger partial charge in [0.05, 0.1) is 7.11 Å². The molecule has 1 rings (SSSR count). The third-order valence-corrected chi connectivity index (χ3v) is 2.05. The summed E-state index contributed by atoms with van der Waals surface area (Å²) in [4.78, 5) is 11.2. The van der Waals surface area contributed by atoms with Gasteiger partial charge in [-0.25, -0.2) is 4.79 Å². The van der Waals surface area contributed by atoms with Gasteiger partial charge in [-0.1, -0.05) is 18.2 Å². The normalized spacial score (nSPS) is 20.1. The Hall–Kier alpha value is -1.09. The molecular weight excluding hydrogens is 154 g/mol. The van der Waals surface area contributed by atoms with Crippen molar-refractivity contribution in [1.29, 1.82) is 0 Å². The van der Waals surface area contributed by atoms with Gasteiger partial charge in [-0.3, -0.25) is 0 Å².